The van der Waals surface area contributed by atoms with Crippen molar-refractivity contribution in [3.63, 3.8) is 0 Å². The van der Waals surface area contributed by atoms with E-state index in [4.69, 9.17) is 13.3 Å². The van der Waals surface area contributed by atoms with Crippen LogP contribution in [0.3, 0.4) is 0 Å². The van der Waals surface area contributed by atoms with E-state index in [1.54, 1.807) is 0 Å². The topological polar surface area (TPSA) is 47.6 Å². The Hall–Kier alpha value is -9.32. The number of benzene rings is 11. The van der Waals surface area contributed by atoms with E-state index in [9.17, 15) is 0 Å². The maximum Gasteiger partial charge on any atom is 0.162 e. The molecule has 340 valence electrons. The largest absolute Gasteiger partial charge is 0.454 e. The van der Waals surface area contributed by atoms with Crippen LogP contribution in [-0.2, 0) is 0 Å². The Bertz CT molecular complexity index is 4720. The number of nitrogens with zero attached hydrogens (tertiary/aromatic N) is 2. The van der Waals surface area contributed by atoms with Crippen LogP contribution in [-0.4, -0.2) is 4.57 Å². The molecule has 5 nitrogen and oxygen atoms in total. The summed E-state index contributed by atoms with van der Waals surface area (Å²) in [5.41, 5.74) is 18.7. The third kappa shape index (κ3) is 5.76. The second-order valence-electron chi connectivity index (χ2n) is 19.3. The number of anilines is 3. The van der Waals surface area contributed by atoms with Gasteiger partial charge < -0.3 is 22.7 Å². The van der Waals surface area contributed by atoms with Crippen molar-refractivity contribution in [2.75, 3.05) is 4.90 Å². The van der Waals surface area contributed by atoms with Gasteiger partial charge >= 0.3 is 0 Å². The molecule has 72 heavy (non-hydrogen) atoms. The van der Waals surface area contributed by atoms with E-state index in [2.05, 4.69) is 243 Å². The fraction of sp³-hybridized carbons (Fsp3) is 0.0448. The number of rotatable bonds is 6. The summed E-state index contributed by atoms with van der Waals surface area (Å²) in [6.07, 6.45) is 0. The zero-order valence-electron chi connectivity index (χ0n) is 39.8. The summed E-state index contributed by atoms with van der Waals surface area (Å²) in [6.45, 7) is 6.55. The first kappa shape index (κ1) is 40.6. The van der Waals surface area contributed by atoms with Gasteiger partial charge in [-0.3, -0.25) is 0 Å². The summed E-state index contributed by atoms with van der Waals surface area (Å²) >= 11 is 0. The summed E-state index contributed by atoms with van der Waals surface area (Å²) in [5, 5.41) is 10.7. The van der Waals surface area contributed by atoms with Crippen molar-refractivity contribution in [2.45, 2.75) is 20.8 Å². The van der Waals surface area contributed by atoms with Crippen LogP contribution >= 0.6 is 0 Å². The molecule has 0 atom stereocenters. The minimum atomic E-state index is 0.780. The van der Waals surface area contributed by atoms with Gasteiger partial charge in [-0.05, 0) is 84.3 Å². The quantitative estimate of drug-likeness (QED) is 0.167. The molecule has 15 rings (SSSR count). The molecule has 0 unspecified atom stereocenters. The van der Waals surface area contributed by atoms with E-state index < -0.39 is 0 Å². The molecule has 0 radical (unpaired) electrons. The lowest BCUT2D eigenvalue weighted by Crippen LogP contribution is -2.13. The molecule has 5 heteroatoms. The van der Waals surface area contributed by atoms with Crippen molar-refractivity contribution in [2.24, 2.45) is 0 Å². The zero-order chi connectivity index (χ0) is 47.8. The lowest BCUT2D eigenvalue weighted by atomic mass is 9.98. The third-order valence-electron chi connectivity index (χ3n) is 15.0. The van der Waals surface area contributed by atoms with Gasteiger partial charge in [0.05, 0.1) is 33.5 Å². The molecular formula is C67H44N2O3. The maximum absolute atomic E-state index is 7.49. The predicted octanol–water partition coefficient (Wildman–Crippen LogP) is 19.4. The van der Waals surface area contributed by atoms with Crippen molar-refractivity contribution >= 4 is 115 Å². The SMILES string of the molecule is Cc1ccc(C)c(N(c2cccc3c2oc2c(-c4ccccc4)cccc23)c2c3ccccc3c3c4c2oc2cccc(c5ccc(C)cc5n3-c3cccc5c3oc3c(-c6ccccc6)cccc35)c24)c1. The molecule has 0 aliphatic carbocycles. The molecule has 0 spiro atoms. The molecule has 4 heterocycles. The number of aromatic nitrogens is 1. The standard InChI is InChI=1S/C67H44N2O3/c1-39-33-35-41(3)56(37-39)68(54-30-14-28-52-50-26-12-23-44(63(50)71-65(52)54)42-17-6-4-7-18-42)62-49-22-11-10-21-48(49)61-60-59-47(25-16-32-58(59)70-67(60)62)46-36-34-40(2)38-57(46)69(61)55-31-15-29-53-51-27-13-24-45(64(51)72-66(53)55)43-19-8-5-9-20-43/h4-38H,1-3H3. The summed E-state index contributed by atoms with van der Waals surface area (Å²) in [6, 6.07) is 76.1. The van der Waals surface area contributed by atoms with Crippen molar-refractivity contribution in [1.82, 2.24) is 4.57 Å². The molecule has 0 aliphatic rings. The highest BCUT2D eigenvalue weighted by Crippen LogP contribution is 2.54. The maximum atomic E-state index is 7.49. The van der Waals surface area contributed by atoms with Crippen molar-refractivity contribution in [1.29, 1.82) is 0 Å². The average Bonchev–Trinajstić information content (AvgIpc) is 4.11. The van der Waals surface area contributed by atoms with E-state index in [0.717, 1.165) is 160 Å². The van der Waals surface area contributed by atoms with E-state index in [1.807, 2.05) is 0 Å². The van der Waals surface area contributed by atoms with E-state index in [-0.39, 0.29) is 0 Å². The van der Waals surface area contributed by atoms with Gasteiger partial charge in [-0.25, -0.2) is 0 Å². The van der Waals surface area contributed by atoms with Crippen molar-refractivity contribution < 1.29 is 13.3 Å². The Morgan fingerprint density at radius 3 is 1.64 bits per heavy atom. The molecule has 0 saturated carbocycles. The molecule has 0 aliphatic heterocycles. The summed E-state index contributed by atoms with van der Waals surface area (Å²) in [5.74, 6) is 0. The minimum Gasteiger partial charge on any atom is -0.454 e. The molecule has 0 amide bonds. The molecule has 0 fully saturated rings. The average molecular weight is 925 g/mol. The Kier molecular flexibility index (Phi) is 8.64. The Morgan fingerprint density at radius 2 is 0.917 bits per heavy atom. The van der Waals surface area contributed by atoms with E-state index in [1.165, 1.54) is 0 Å². The molecule has 0 N–H and O–H groups in total. The Morgan fingerprint density at radius 1 is 0.361 bits per heavy atom. The Balaban J connectivity index is 1.13. The molecule has 0 bridgehead atoms. The zero-order valence-corrected chi connectivity index (χ0v) is 39.8. The number of para-hydroxylation sites is 4. The number of furan rings is 3. The number of aryl methyl sites for hydroxylation is 3. The molecule has 4 aromatic heterocycles. The fourth-order valence-electron chi connectivity index (χ4n) is 11.8. The third-order valence-corrected chi connectivity index (χ3v) is 15.0. The van der Waals surface area contributed by atoms with Crippen LogP contribution in [0.2, 0.25) is 0 Å². The molecule has 15 aromatic rings. The van der Waals surface area contributed by atoms with Crippen LogP contribution in [0, 0.1) is 20.8 Å². The van der Waals surface area contributed by atoms with Crippen molar-refractivity contribution in [3.05, 3.63) is 229 Å². The van der Waals surface area contributed by atoms with Gasteiger partial charge in [-0.1, -0.05) is 182 Å². The van der Waals surface area contributed by atoms with Gasteiger partial charge in [-0.15, -0.1) is 0 Å². The first-order chi connectivity index (χ1) is 35.5. The minimum absolute atomic E-state index is 0.780. The van der Waals surface area contributed by atoms with E-state index in [0.29, 0.717) is 0 Å². The normalized spacial score (nSPS) is 12.1. The van der Waals surface area contributed by atoms with Gasteiger partial charge in [0.1, 0.15) is 16.7 Å². The van der Waals surface area contributed by atoms with Crippen molar-refractivity contribution in [3.8, 4) is 27.9 Å². The van der Waals surface area contributed by atoms with Gasteiger partial charge in [0, 0.05) is 59.9 Å². The fourth-order valence-corrected chi connectivity index (χ4v) is 11.8. The van der Waals surface area contributed by atoms with Gasteiger partial charge in [0.2, 0.25) is 0 Å². The predicted molar refractivity (Wildman–Crippen MR) is 300 cm³/mol. The number of hydrogen-bond acceptors (Lipinski definition) is 4. The second-order valence-corrected chi connectivity index (χ2v) is 19.3. The molecule has 11 aromatic carbocycles. The van der Waals surface area contributed by atoms with Gasteiger partial charge in [0.15, 0.2) is 16.7 Å². The number of hydrogen-bond donors (Lipinski definition) is 0. The van der Waals surface area contributed by atoms with Crippen LogP contribution in [0.1, 0.15) is 16.7 Å². The summed E-state index contributed by atoms with van der Waals surface area (Å²) in [4.78, 5) is 2.41. The highest BCUT2D eigenvalue weighted by atomic mass is 16.3. The highest BCUT2D eigenvalue weighted by molar-refractivity contribution is 6.35. The Labute approximate surface area is 414 Å². The summed E-state index contributed by atoms with van der Waals surface area (Å²) < 4.78 is 24.5. The second kappa shape index (κ2) is 15.3. The first-order valence-electron chi connectivity index (χ1n) is 24.7. The van der Waals surface area contributed by atoms with Gasteiger partial charge in [-0.2, -0.15) is 0 Å². The number of fused-ring (bicyclic) bond motifs is 10. The van der Waals surface area contributed by atoms with Crippen LogP contribution < -0.4 is 4.90 Å². The summed E-state index contributed by atoms with van der Waals surface area (Å²) in [7, 11) is 0. The van der Waals surface area contributed by atoms with Gasteiger partial charge in [0.25, 0.3) is 0 Å². The lowest BCUT2D eigenvalue weighted by molar-refractivity contribution is 0.666. The van der Waals surface area contributed by atoms with Crippen LogP contribution in [0.4, 0.5) is 17.1 Å². The lowest BCUT2D eigenvalue weighted by Gasteiger charge is -2.29. The van der Waals surface area contributed by atoms with Crippen LogP contribution in [0.5, 0.6) is 0 Å². The van der Waals surface area contributed by atoms with Crippen LogP contribution in [0.15, 0.2) is 226 Å². The smallest absolute Gasteiger partial charge is 0.162 e. The van der Waals surface area contributed by atoms with E-state index >= 15 is 0 Å². The monoisotopic (exact) mass is 924 g/mol. The highest BCUT2D eigenvalue weighted by Gasteiger charge is 2.31. The first-order valence-corrected chi connectivity index (χ1v) is 24.7. The molecule has 0 saturated heterocycles. The van der Waals surface area contributed by atoms with Crippen LogP contribution in [0.25, 0.3) is 126 Å². The molecular weight excluding hydrogens is 881 g/mol.